The van der Waals surface area contributed by atoms with Crippen LogP contribution >= 0.6 is 11.6 Å². The molecule has 0 aliphatic rings. The van der Waals surface area contributed by atoms with E-state index in [2.05, 4.69) is 4.74 Å². The van der Waals surface area contributed by atoms with Crippen molar-refractivity contribution in [1.82, 2.24) is 0 Å². The van der Waals surface area contributed by atoms with Gasteiger partial charge in [0.25, 0.3) is 5.69 Å². The molecule has 0 spiro atoms. The number of hydrogen-bond acceptors (Lipinski definition) is 6. The van der Waals surface area contributed by atoms with E-state index in [0.29, 0.717) is 0 Å². The Balaban J connectivity index is 3.09. The minimum atomic E-state index is -4.01. The first-order valence-corrected chi connectivity index (χ1v) is 7.25. The molecule has 0 aliphatic heterocycles. The van der Waals surface area contributed by atoms with Gasteiger partial charge in [0.05, 0.1) is 9.82 Å². The summed E-state index contributed by atoms with van der Waals surface area (Å²) in [6, 6.07) is 4.29. The first-order chi connectivity index (χ1) is 9.08. The summed E-state index contributed by atoms with van der Waals surface area (Å²) < 4.78 is 27.3. The van der Waals surface area contributed by atoms with Crippen molar-refractivity contribution >= 4 is 33.1 Å². The minimum Gasteiger partial charge on any atom is -0.463 e. The predicted molar refractivity (Wildman–Crippen MR) is 71.2 cm³/mol. The van der Waals surface area contributed by atoms with Gasteiger partial charge in [-0.15, -0.1) is 0 Å². The monoisotopic (exact) mass is 321 g/mol. The molecule has 9 heteroatoms. The number of carbonyl (C=O) groups excluding carboxylic acids is 1. The van der Waals surface area contributed by atoms with E-state index < -0.39 is 31.5 Å². The van der Waals surface area contributed by atoms with Crippen LogP contribution < -0.4 is 0 Å². The largest absolute Gasteiger partial charge is 0.463 e. The molecule has 1 aromatic rings. The van der Waals surface area contributed by atoms with Gasteiger partial charge in [-0.3, -0.25) is 14.9 Å². The molecule has 0 heterocycles. The molecular weight excluding hydrogens is 310 g/mol. The quantitative estimate of drug-likeness (QED) is 0.355. The highest BCUT2D eigenvalue weighted by Crippen LogP contribution is 2.30. The van der Waals surface area contributed by atoms with Crippen LogP contribution in [0.15, 0.2) is 29.2 Å². The third kappa shape index (κ3) is 3.45. The van der Waals surface area contributed by atoms with Crippen molar-refractivity contribution in [3.05, 3.63) is 34.4 Å². The number of carbonyl (C=O) groups is 1. The van der Waals surface area contributed by atoms with Crippen LogP contribution in [-0.2, 0) is 19.4 Å². The van der Waals surface area contributed by atoms with Crippen molar-refractivity contribution in [3.8, 4) is 0 Å². The van der Waals surface area contributed by atoms with E-state index in [1.165, 1.54) is 6.92 Å². The van der Waals surface area contributed by atoms with Crippen LogP contribution in [-0.4, -0.2) is 30.1 Å². The standard InChI is InChI=1S/C11H12ClNO6S/c1-8(14)19-7-11(2,12)20(17,18)10-5-3-9(4-6-10)13(15)16/h3-6H,7H2,1-2H3. The van der Waals surface area contributed by atoms with E-state index in [4.69, 9.17) is 11.6 Å². The lowest BCUT2D eigenvalue weighted by molar-refractivity contribution is -0.384. The molecule has 0 amide bonds. The second kappa shape index (κ2) is 5.76. The van der Waals surface area contributed by atoms with Gasteiger partial charge in [0, 0.05) is 19.1 Å². The average Bonchev–Trinajstić information content (AvgIpc) is 2.36. The molecule has 1 rings (SSSR count). The number of nitro benzene ring substituents is 1. The fourth-order valence-corrected chi connectivity index (χ4v) is 2.82. The smallest absolute Gasteiger partial charge is 0.302 e. The van der Waals surface area contributed by atoms with Crippen molar-refractivity contribution in [1.29, 1.82) is 0 Å². The molecule has 0 radical (unpaired) electrons. The Kier molecular flexibility index (Phi) is 4.72. The summed E-state index contributed by atoms with van der Waals surface area (Å²) in [6.07, 6.45) is 0. The number of ether oxygens (including phenoxy) is 1. The summed E-state index contributed by atoms with van der Waals surface area (Å²) in [5, 5.41) is 10.5. The van der Waals surface area contributed by atoms with E-state index in [1.54, 1.807) is 0 Å². The number of rotatable bonds is 5. The highest BCUT2D eigenvalue weighted by atomic mass is 35.5. The summed E-state index contributed by atoms with van der Waals surface area (Å²) in [5.41, 5.74) is -0.236. The highest BCUT2D eigenvalue weighted by molar-refractivity contribution is 7.94. The molecular formula is C11H12ClNO6S. The van der Waals surface area contributed by atoms with Crippen LogP contribution in [0, 0.1) is 10.1 Å². The van der Waals surface area contributed by atoms with Gasteiger partial charge in [-0.25, -0.2) is 8.42 Å². The van der Waals surface area contributed by atoms with Crippen LogP contribution in [0.3, 0.4) is 0 Å². The summed E-state index contributed by atoms with van der Waals surface area (Å²) in [7, 11) is -4.01. The van der Waals surface area contributed by atoms with Crippen molar-refractivity contribution in [2.75, 3.05) is 6.61 Å². The van der Waals surface area contributed by atoms with Gasteiger partial charge < -0.3 is 4.74 Å². The third-order valence-corrected chi connectivity index (χ3v) is 5.30. The normalized spacial score (nSPS) is 14.3. The molecule has 1 atom stereocenters. The molecule has 20 heavy (non-hydrogen) atoms. The van der Waals surface area contributed by atoms with E-state index in [0.717, 1.165) is 31.2 Å². The Morgan fingerprint density at radius 2 is 1.90 bits per heavy atom. The molecule has 1 aromatic carbocycles. The Labute approximate surface area is 120 Å². The van der Waals surface area contributed by atoms with Crippen molar-refractivity contribution < 1.29 is 22.9 Å². The highest BCUT2D eigenvalue weighted by Gasteiger charge is 2.40. The lowest BCUT2D eigenvalue weighted by Crippen LogP contribution is -2.35. The molecule has 0 N–H and O–H groups in total. The molecule has 0 aliphatic carbocycles. The number of halogens is 1. The predicted octanol–water partition coefficient (Wildman–Crippen LogP) is 1.89. The molecule has 0 saturated heterocycles. The Morgan fingerprint density at radius 3 is 2.30 bits per heavy atom. The Hall–Kier alpha value is -1.67. The fourth-order valence-electron chi connectivity index (χ4n) is 1.30. The number of esters is 1. The summed E-state index contributed by atoms with van der Waals surface area (Å²) in [5.74, 6) is -0.657. The number of alkyl halides is 1. The second-order valence-corrected chi connectivity index (χ2v) is 7.57. The average molecular weight is 322 g/mol. The number of nitro groups is 1. The van der Waals surface area contributed by atoms with E-state index in [1.807, 2.05) is 0 Å². The van der Waals surface area contributed by atoms with Gasteiger partial charge in [-0.05, 0) is 19.1 Å². The van der Waals surface area contributed by atoms with Gasteiger partial charge in [0.1, 0.15) is 6.61 Å². The number of nitrogens with zero attached hydrogens (tertiary/aromatic N) is 1. The third-order valence-electron chi connectivity index (χ3n) is 2.45. The van der Waals surface area contributed by atoms with Crippen LogP contribution in [0.25, 0.3) is 0 Å². The number of hydrogen-bond donors (Lipinski definition) is 0. The maximum atomic E-state index is 12.3. The molecule has 0 fully saturated rings. The Morgan fingerprint density at radius 1 is 1.40 bits per heavy atom. The summed E-state index contributed by atoms with van der Waals surface area (Å²) in [4.78, 5) is 20.4. The number of benzene rings is 1. The van der Waals surface area contributed by atoms with Crippen LogP contribution in [0.5, 0.6) is 0 Å². The Bertz CT molecular complexity index is 623. The topological polar surface area (TPSA) is 104 Å². The lowest BCUT2D eigenvalue weighted by Gasteiger charge is -2.21. The maximum Gasteiger partial charge on any atom is 0.302 e. The summed E-state index contributed by atoms with van der Waals surface area (Å²) >= 11 is 5.91. The minimum absolute atomic E-state index is 0.187. The van der Waals surface area contributed by atoms with Gasteiger partial charge in [0.2, 0.25) is 9.84 Å². The first-order valence-electron chi connectivity index (χ1n) is 5.39. The number of non-ortho nitro benzene ring substituents is 1. The first kappa shape index (κ1) is 16.4. The SMILES string of the molecule is CC(=O)OCC(C)(Cl)S(=O)(=O)c1ccc([N+](=O)[O-])cc1. The zero-order valence-corrected chi connectivity index (χ0v) is 12.3. The van der Waals surface area contributed by atoms with Gasteiger partial charge in [-0.2, -0.15) is 0 Å². The van der Waals surface area contributed by atoms with Crippen molar-refractivity contribution in [3.63, 3.8) is 0 Å². The fraction of sp³-hybridized carbons (Fsp3) is 0.364. The van der Waals surface area contributed by atoms with E-state index in [-0.39, 0.29) is 10.6 Å². The zero-order chi connectivity index (χ0) is 15.6. The number of sulfone groups is 1. The van der Waals surface area contributed by atoms with Gasteiger partial charge in [-0.1, -0.05) is 11.6 Å². The molecule has 1 unspecified atom stereocenters. The van der Waals surface area contributed by atoms with E-state index in [9.17, 15) is 23.3 Å². The van der Waals surface area contributed by atoms with Gasteiger partial charge >= 0.3 is 5.97 Å². The molecule has 7 nitrogen and oxygen atoms in total. The second-order valence-electron chi connectivity index (χ2n) is 4.14. The van der Waals surface area contributed by atoms with Crippen LogP contribution in [0.4, 0.5) is 5.69 Å². The summed E-state index contributed by atoms with van der Waals surface area (Å²) in [6.45, 7) is 1.79. The lowest BCUT2D eigenvalue weighted by atomic mass is 10.3. The van der Waals surface area contributed by atoms with Crippen LogP contribution in [0.2, 0.25) is 0 Å². The van der Waals surface area contributed by atoms with Crippen LogP contribution in [0.1, 0.15) is 13.8 Å². The van der Waals surface area contributed by atoms with Crippen molar-refractivity contribution in [2.24, 2.45) is 0 Å². The molecule has 110 valence electrons. The maximum absolute atomic E-state index is 12.3. The molecule has 0 saturated carbocycles. The molecule has 0 bridgehead atoms. The molecule has 0 aromatic heterocycles. The van der Waals surface area contributed by atoms with E-state index >= 15 is 0 Å². The van der Waals surface area contributed by atoms with Gasteiger partial charge in [0.15, 0.2) is 4.21 Å². The van der Waals surface area contributed by atoms with Crippen molar-refractivity contribution in [2.45, 2.75) is 22.9 Å². The zero-order valence-electron chi connectivity index (χ0n) is 10.7.